The fraction of sp³-hybridized carbons (Fsp3) is 1.00. The van der Waals surface area contributed by atoms with Crippen molar-refractivity contribution in [2.75, 3.05) is 39.4 Å². The SMILES string of the molecule is NCCCC(CCCN)COCC(CCCN)CCCN. The molecule has 0 rings (SSSR count). The lowest BCUT2D eigenvalue weighted by Crippen LogP contribution is -2.18. The van der Waals surface area contributed by atoms with Gasteiger partial charge in [-0.1, -0.05) is 0 Å². The first-order chi connectivity index (χ1) is 10.3. The number of rotatable bonds is 16. The normalized spacial score (nSPS) is 11.7. The maximum absolute atomic E-state index is 5.98. The minimum Gasteiger partial charge on any atom is -0.381 e. The van der Waals surface area contributed by atoms with E-state index < -0.39 is 0 Å². The van der Waals surface area contributed by atoms with E-state index in [1.807, 2.05) is 0 Å². The molecule has 128 valence electrons. The summed E-state index contributed by atoms with van der Waals surface area (Å²) >= 11 is 0. The Bertz CT molecular complexity index is 169. The van der Waals surface area contributed by atoms with E-state index >= 15 is 0 Å². The van der Waals surface area contributed by atoms with Crippen molar-refractivity contribution < 1.29 is 4.74 Å². The molecule has 0 spiro atoms. The Balaban J connectivity index is 3.96. The van der Waals surface area contributed by atoms with Gasteiger partial charge >= 0.3 is 0 Å². The van der Waals surface area contributed by atoms with Gasteiger partial charge in [-0.25, -0.2) is 0 Å². The highest BCUT2D eigenvalue weighted by Gasteiger charge is 2.12. The van der Waals surface area contributed by atoms with Gasteiger partial charge in [-0.15, -0.1) is 0 Å². The van der Waals surface area contributed by atoms with Crippen LogP contribution < -0.4 is 22.9 Å². The fourth-order valence-electron chi connectivity index (χ4n) is 2.65. The van der Waals surface area contributed by atoms with E-state index in [1.165, 1.54) is 0 Å². The molecule has 0 fully saturated rings. The van der Waals surface area contributed by atoms with Gasteiger partial charge in [0.15, 0.2) is 0 Å². The third-order valence-electron chi connectivity index (χ3n) is 3.97. The predicted octanol–water partition coefficient (Wildman–Crippen LogP) is 1.19. The van der Waals surface area contributed by atoms with E-state index in [-0.39, 0.29) is 0 Å². The zero-order valence-corrected chi connectivity index (χ0v) is 13.8. The highest BCUT2D eigenvalue weighted by atomic mass is 16.5. The molecule has 0 aliphatic carbocycles. The van der Waals surface area contributed by atoms with Crippen molar-refractivity contribution in [1.29, 1.82) is 0 Å². The smallest absolute Gasteiger partial charge is 0.0494 e. The minimum absolute atomic E-state index is 0.599. The van der Waals surface area contributed by atoms with E-state index in [0.717, 1.165) is 90.8 Å². The lowest BCUT2D eigenvalue weighted by atomic mass is 9.97. The highest BCUT2D eigenvalue weighted by Crippen LogP contribution is 2.17. The van der Waals surface area contributed by atoms with Gasteiger partial charge in [0.2, 0.25) is 0 Å². The van der Waals surface area contributed by atoms with Crippen molar-refractivity contribution in [3.05, 3.63) is 0 Å². The molecule has 0 bridgehead atoms. The Kier molecular flexibility index (Phi) is 16.0. The van der Waals surface area contributed by atoms with Crippen LogP contribution in [0.5, 0.6) is 0 Å². The van der Waals surface area contributed by atoms with Gasteiger partial charge in [-0.3, -0.25) is 0 Å². The summed E-state index contributed by atoms with van der Waals surface area (Å²) in [5.41, 5.74) is 22.4. The Morgan fingerprint density at radius 1 is 0.524 bits per heavy atom. The van der Waals surface area contributed by atoms with E-state index in [4.69, 9.17) is 27.7 Å². The van der Waals surface area contributed by atoms with Gasteiger partial charge in [-0.05, 0) is 89.4 Å². The second-order valence-electron chi connectivity index (χ2n) is 5.99. The van der Waals surface area contributed by atoms with Crippen LogP contribution in [0.15, 0.2) is 0 Å². The molecule has 0 heterocycles. The summed E-state index contributed by atoms with van der Waals surface area (Å²) in [5, 5.41) is 0. The number of nitrogens with two attached hydrogens (primary N) is 4. The number of hydrogen-bond donors (Lipinski definition) is 4. The first-order valence-corrected chi connectivity index (χ1v) is 8.66. The minimum atomic E-state index is 0.599. The van der Waals surface area contributed by atoms with Gasteiger partial charge in [0.25, 0.3) is 0 Å². The average molecular weight is 303 g/mol. The van der Waals surface area contributed by atoms with E-state index in [1.54, 1.807) is 0 Å². The summed E-state index contributed by atoms with van der Waals surface area (Å²) < 4.78 is 5.98. The lowest BCUT2D eigenvalue weighted by Gasteiger charge is -2.20. The van der Waals surface area contributed by atoms with Crippen LogP contribution in [0.1, 0.15) is 51.4 Å². The molecule has 0 saturated heterocycles. The zero-order valence-electron chi connectivity index (χ0n) is 13.8. The highest BCUT2D eigenvalue weighted by molar-refractivity contribution is 4.63. The molecule has 0 atom stereocenters. The Hall–Kier alpha value is -0.200. The van der Waals surface area contributed by atoms with Gasteiger partial charge in [0.05, 0.1) is 0 Å². The monoisotopic (exact) mass is 302 g/mol. The van der Waals surface area contributed by atoms with Gasteiger partial charge < -0.3 is 27.7 Å². The third kappa shape index (κ3) is 13.2. The molecule has 0 aromatic heterocycles. The summed E-state index contributed by atoms with van der Waals surface area (Å²) in [6.07, 6.45) is 8.87. The van der Waals surface area contributed by atoms with Crippen LogP contribution in [0.25, 0.3) is 0 Å². The molecule has 0 radical (unpaired) electrons. The Morgan fingerprint density at radius 3 is 1.05 bits per heavy atom. The molecule has 0 amide bonds. The maximum Gasteiger partial charge on any atom is 0.0494 e. The van der Waals surface area contributed by atoms with Crippen LogP contribution in [-0.2, 0) is 4.74 Å². The zero-order chi connectivity index (χ0) is 15.8. The molecule has 8 N–H and O–H groups in total. The van der Waals surface area contributed by atoms with Crippen LogP contribution in [0.3, 0.4) is 0 Å². The van der Waals surface area contributed by atoms with Crippen LogP contribution in [-0.4, -0.2) is 39.4 Å². The number of hydrogen-bond acceptors (Lipinski definition) is 5. The Labute approximate surface area is 131 Å². The third-order valence-corrected chi connectivity index (χ3v) is 3.97. The molecular weight excluding hydrogens is 264 g/mol. The topological polar surface area (TPSA) is 113 Å². The molecule has 0 saturated carbocycles. The van der Waals surface area contributed by atoms with Crippen LogP contribution in [0.2, 0.25) is 0 Å². The summed E-state index contributed by atoms with van der Waals surface area (Å²) in [6, 6.07) is 0. The quantitative estimate of drug-likeness (QED) is 0.342. The molecule has 5 heteroatoms. The summed E-state index contributed by atoms with van der Waals surface area (Å²) in [4.78, 5) is 0. The first-order valence-electron chi connectivity index (χ1n) is 8.66. The lowest BCUT2D eigenvalue weighted by molar-refractivity contribution is 0.0601. The van der Waals surface area contributed by atoms with E-state index in [9.17, 15) is 0 Å². The fourth-order valence-corrected chi connectivity index (χ4v) is 2.65. The van der Waals surface area contributed by atoms with Crippen molar-refractivity contribution in [2.24, 2.45) is 34.8 Å². The Morgan fingerprint density at radius 2 is 0.810 bits per heavy atom. The number of ether oxygens (including phenoxy) is 1. The van der Waals surface area contributed by atoms with Gasteiger partial charge in [0.1, 0.15) is 0 Å². The van der Waals surface area contributed by atoms with Crippen LogP contribution >= 0.6 is 0 Å². The second kappa shape index (κ2) is 16.2. The predicted molar refractivity (Wildman–Crippen MR) is 91.0 cm³/mol. The standard InChI is InChI=1S/C16H38N4O/c17-9-1-5-15(6-2-10-18)13-21-14-16(7-3-11-19)8-4-12-20/h15-16H,1-14,17-20H2. The van der Waals surface area contributed by atoms with Crippen molar-refractivity contribution in [1.82, 2.24) is 0 Å². The molecule has 0 aromatic carbocycles. The van der Waals surface area contributed by atoms with Crippen molar-refractivity contribution >= 4 is 0 Å². The largest absolute Gasteiger partial charge is 0.381 e. The second-order valence-corrected chi connectivity index (χ2v) is 5.99. The van der Waals surface area contributed by atoms with E-state index in [2.05, 4.69) is 0 Å². The van der Waals surface area contributed by atoms with Crippen molar-refractivity contribution in [3.8, 4) is 0 Å². The molecule has 21 heavy (non-hydrogen) atoms. The van der Waals surface area contributed by atoms with Crippen LogP contribution in [0.4, 0.5) is 0 Å². The summed E-state index contributed by atoms with van der Waals surface area (Å²) in [5.74, 6) is 1.20. The summed E-state index contributed by atoms with van der Waals surface area (Å²) in [7, 11) is 0. The molecule has 0 aromatic rings. The van der Waals surface area contributed by atoms with Crippen LogP contribution in [0, 0.1) is 11.8 Å². The first kappa shape index (κ1) is 20.8. The molecule has 0 aliphatic rings. The van der Waals surface area contributed by atoms with Crippen molar-refractivity contribution in [2.45, 2.75) is 51.4 Å². The maximum atomic E-state index is 5.98. The van der Waals surface area contributed by atoms with E-state index in [0.29, 0.717) is 11.8 Å². The molecule has 5 nitrogen and oxygen atoms in total. The molecule has 0 aliphatic heterocycles. The summed E-state index contributed by atoms with van der Waals surface area (Å²) in [6.45, 7) is 4.70. The van der Waals surface area contributed by atoms with Crippen molar-refractivity contribution in [3.63, 3.8) is 0 Å². The molecule has 0 unspecified atom stereocenters. The van der Waals surface area contributed by atoms with Gasteiger partial charge in [-0.2, -0.15) is 0 Å². The molecular formula is C16H38N4O. The average Bonchev–Trinajstić information content (AvgIpc) is 2.51. The van der Waals surface area contributed by atoms with Gasteiger partial charge in [0, 0.05) is 13.2 Å².